The normalized spacial score (nSPS) is 16.5. The zero-order chi connectivity index (χ0) is 15.9. The summed E-state index contributed by atoms with van der Waals surface area (Å²) < 4.78 is 0. The van der Waals surface area contributed by atoms with Crippen molar-refractivity contribution in [3.8, 4) is 0 Å². The number of likely N-dealkylation sites (tertiary alicyclic amines) is 1. The largest absolute Gasteiger partial charge is 0.350 e. The topological polar surface area (TPSA) is 62.3 Å². The number of rotatable bonds is 4. The van der Waals surface area contributed by atoms with E-state index in [1.807, 2.05) is 18.7 Å². The average Bonchev–Trinajstić information content (AvgIpc) is 2.55. The molecule has 0 bridgehead atoms. The van der Waals surface area contributed by atoms with Crippen molar-refractivity contribution in [3.63, 3.8) is 0 Å². The molecular weight excluding hydrogens is 278 g/mol. The van der Waals surface area contributed by atoms with Gasteiger partial charge in [-0.2, -0.15) is 0 Å². The van der Waals surface area contributed by atoms with Gasteiger partial charge in [-0.15, -0.1) is 0 Å². The summed E-state index contributed by atoms with van der Waals surface area (Å²) in [6.07, 6.45) is 7.37. The first-order valence-electron chi connectivity index (χ1n) is 7.77. The van der Waals surface area contributed by atoms with Crippen LogP contribution in [0.25, 0.3) is 0 Å². The van der Waals surface area contributed by atoms with E-state index >= 15 is 0 Å². The second-order valence-electron chi connectivity index (χ2n) is 5.66. The van der Waals surface area contributed by atoms with Crippen molar-refractivity contribution < 1.29 is 9.59 Å². The Morgan fingerprint density at radius 3 is 2.73 bits per heavy atom. The van der Waals surface area contributed by atoms with Gasteiger partial charge in [0, 0.05) is 37.6 Å². The predicted molar refractivity (Wildman–Crippen MR) is 85.4 cm³/mol. The van der Waals surface area contributed by atoms with Gasteiger partial charge in [-0.3, -0.25) is 14.6 Å². The Bertz CT molecular complexity index is 546. The number of nitrogens with zero attached hydrogens (tertiary/aromatic N) is 2. The Labute approximate surface area is 131 Å². The highest BCUT2D eigenvalue weighted by Crippen LogP contribution is 2.13. The minimum absolute atomic E-state index is 0.0135. The molecule has 22 heavy (non-hydrogen) atoms. The van der Waals surface area contributed by atoms with Crippen LogP contribution in [0.2, 0.25) is 0 Å². The van der Waals surface area contributed by atoms with E-state index in [9.17, 15) is 9.59 Å². The third-order valence-electron chi connectivity index (χ3n) is 3.97. The van der Waals surface area contributed by atoms with Crippen molar-refractivity contribution in [1.29, 1.82) is 0 Å². The molecule has 1 aliphatic heterocycles. The van der Waals surface area contributed by atoms with E-state index in [0.717, 1.165) is 24.8 Å². The van der Waals surface area contributed by atoms with Gasteiger partial charge in [-0.1, -0.05) is 12.5 Å². The lowest BCUT2D eigenvalue weighted by Crippen LogP contribution is -2.46. The van der Waals surface area contributed by atoms with Crippen LogP contribution in [0.5, 0.6) is 0 Å². The van der Waals surface area contributed by atoms with Crippen LogP contribution < -0.4 is 5.32 Å². The van der Waals surface area contributed by atoms with Crippen molar-refractivity contribution in [2.75, 3.05) is 13.1 Å². The second-order valence-corrected chi connectivity index (χ2v) is 5.66. The second kappa shape index (κ2) is 7.73. The highest BCUT2D eigenvalue weighted by Gasteiger charge is 2.24. The molecular formula is C17H23N3O2. The highest BCUT2D eigenvalue weighted by molar-refractivity contribution is 5.94. The first-order chi connectivity index (χ1) is 10.6. The molecule has 2 heterocycles. The van der Waals surface area contributed by atoms with Crippen molar-refractivity contribution in [2.45, 2.75) is 39.2 Å². The number of hydrogen-bond acceptors (Lipinski definition) is 3. The summed E-state index contributed by atoms with van der Waals surface area (Å²) in [5, 5.41) is 3.02. The van der Waals surface area contributed by atoms with E-state index in [1.165, 1.54) is 0 Å². The number of pyridine rings is 1. The first-order valence-corrected chi connectivity index (χ1v) is 7.77. The Hall–Kier alpha value is -2.17. The van der Waals surface area contributed by atoms with E-state index in [0.29, 0.717) is 18.7 Å². The van der Waals surface area contributed by atoms with Crippen LogP contribution >= 0.6 is 0 Å². The first kappa shape index (κ1) is 16.2. The fourth-order valence-corrected chi connectivity index (χ4v) is 2.47. The zero-order valence-electron chi connectivity index (χ0n) is 13.2. The van der Waals surface area contributed by atoms with Crippen LogP contribution in [0.3, 0.4) is 0 Å². The predicted octanol–water partition coefficient (Wildman–Crippen LogP) is 2.16. The Balaban J connectivity index is 1.83. The number of piperidine rings is 1. The Kier molecular flexibility index (Phi) is 5.69. The van der Waals surface area contributed by atoms with Gasteiger partial charge in [0.2, 0.25) is 5.91 Å². The van der Waals surface area contributed by atoms with Crippen LogP contribution in [-0.4, -0.2) is 40.8 Å². The van der Waals surface area contributed by atoms with Crippen molar-refractivity contribution in [2.24, 2.45) is 0 Å². The molecule has 0 saturated carbocycles. The molecule has 2 rings (SSSR count). The standard InChI is InChI=1S/C17H23N3O2/c1-3-13(2)11-16(21)19-15-6-9-20(10-7-15)17(22)14-5-4-8-18-12-14/h4-5,8,11-12,15H,3,6-7,9-10H2,1-2H3,(H,19,21)/b13-11+. The SMILES string of the molecule is CC/C(C)=C/C(=O)NC1CCN(C(=O)c2cccnc2)CC1. The lowest BCUT2D eigenvalue weighted by atomic mass is 10.0. The lowest BCUT2D eigenvalue weighted by Gasteiger charge is -2.32. The fraction of sp³-hybridized carbons (Fsp3) is 0.471. The highest BCUT2D eigenvalue weighted by atomic mass is 16.2. The fourth-order valence-electron chi connectivity index (χ4n) is 2.47. The average molecular weight is 301 g/mol. The quantitative estimate of drug-likeness (QED) is 0.867. The molecule has 0 atom stereocenters. The molecule has 0 aromatic carbocycles. The number of hydrogen-bond donors (Lipinski definition) is 1. The summed E-state index contributed by atoms with van der Waals surface area (Å²) >= 11 is 0. The van der Waals surface area contributed by atoms with E-state index in [2.05, 4.69) is 10.3 Å². The molecule has 0 radical (unpaired) electrons. The van der Waals surface area contributed by atoms with Gasteiger partial charge in [0.25, 0.3) is 5.91 Å². The van der Waals surface area contributed by atoms with Crippen LogP contribution in [0.1, 0.15) is 43.5 Å². The lowest BCUT2D eigenvalue weighted by molar-refractivity contribution is -0.117. The van der Waals surface area contributed by atoms with Gasteiger partial charge in [0.05, 0.1) is 5.56 Å². The van der Waals surface area contributed by atoms with Gasteiger partial charge < -0.3 is 10.2 Å². The van der Waals surface area contributed by atoms with E-state index < -0.39 is 0 Å². The maximum absolute atomic E-state index is 12.3. The monoisotopic (exact) mass is 301 g/mol. The number of carbonyl (C=O) groups excluding carboxylic acids is 2. The minimum Gasteiger partial charge on any atom is -0.350 e. The third-order valence-corrected chi connectivity index (χ3v) is 3.97. The molecule has 5 nitrogen and oxygen atoms in total. The summed E-state index contributed by atoms with van der Waals surface area (Å²) in [6.45, 7) is 5.31. The molecule has 1 aromatic rings. The number of amides is 2. The van der Waals surface area contributed by atoms with Gasteiger partial charge in [-0.25, -0.2) is 0 Å². The number of carbonyl (C=O) groups is 2. The molecule has 2 amide bonds. The molecule has 0 aliphatic carbocycles. The molecule has 0 unspecified atom stereocenters. The Morgan fingerprint density at radius 1 is 1.41 bits per heavy atom. The summed E-state index contributed by atoms with van der Waals surface area (Å²) in [5.74, 6) is -0.0176. The maximum atomic E-state index is 12.3. The number of nitrogens with one attached hydrogen (secondary N) is 1. The molecule has 5 heteroatoms. The molecule has 1 N–H and O–H groups in total. The summed E-state index contributed by atoms with van der Waals surface area (Å²) in [7, 11) is 0. The molecule has 0 spiro atoms. The third kappa shape index (κ3) is 4.41. The van der Waals surface area contributed by atoms with Gasteiger partial charge in [-0.05, 0) is 38.3 Å². The van der Waals surface area contributed by atoms with Gasteiger partial charge >= 0.3 is 0 Å². The van der Waals surface area contributed by atoms with Crippen LogP contribution in [0, 0.1) is 0 Å². The van der Waals surface area contributed by atoms with Crippen molar-refractivity contribution in [3.05, 3.63) is 41.7 Å². The smallest absolute Gasteiger partial charge is 0.255 e. The van der Waals surface area contributed by atoms with Gasteiger partial charge in [0.1, 0.15) is 0 Å². The molecule has 1 fully saturated rings. The summed E-state index contributed by atoms with van der Waals surface area (Å²) in [5.41, 5.74) is 1.69. The zero-order valence-corrected chi connectivity index (χ0v) is 13.2. The van der Waals surface area contributed by atoms with Crippen LogP contribution in [0.15, 0.2) is 36.2 Å². The molecule has 118 valence electrons. The van der Waals surface area contributed by atoms with Crippen molar-refractivity contribution >= 4 is 11.8 Å². The van der Waals surface area contributed by atoms with E-state index in [4.69, 9.17) is 0 Å². The molecule has 1 aromatic heterocycles. The molecule has 1 saturated heterocycles. The van der Waals surface area contributed by atoms with E-state index in [-0.39, 0.29) is 17.9 Å². The number of aromatic nitrogens is 1. The maximum Gasteiger partial charge on any atom is 0.255 e. The summed E-state index contributed by atoms with van der Waals surface area (Å²) in [6, 6.07) is 3.69. The van der Waals surface area contributed by atoms with Crippen LogP contribution in [0.4, 0.5) is 0 Å². The van der Waals surface area contributed by atoms with E-state index in [1.54, 1.807) is 30.6 Å². The van der Waals surface area contributed by atoms with Crippen molar-refractivity contribution in [1.82, 2.24) is 15.2 Å². The summed E-state index contributed by atoms with van der Waals surface area (Å²) in [4.78, 5) is 29.9. The van der Waals surface area contributed by atoms with Gasteiger partial charge in [0.15, 0.2) is 0 Å². The van der Waals surface area contributed by atoms with Crippen LogP contribution in [-0.2, 0) is 4.79 Å². The minimum atomic E-state index is -0.0311. The molecule has 1 aliphatic rings. The Morgan fingerprint density at radius 2 is 2.14 bits per heavy atom. The number of allylic oxidation sites excluding steroid dienone is 1.